The average Bonchev–Trinajstić information content (AvgIpc) is 2.55. The zero-order chi connectivity index (χ0) is 12.1. The highest BCUT2D eigenvalue weighted by Crippen LogP contribution is 2.27. The molecule has 0 spiro atoms. The van der Waals surface area contributed by atoms with Crippen molar-refractivity contribution in [2.45, 2.75) is 70.4 Å². The van der Waals surface area contributed by atoms with Gasteiger partial charge in [0.05, 0.1) is 0 Å². The van der Waals surface area contributed by atoms with E-state index in [9.17, 15) is 0 Å². The molecule has 2 aliphatic rings. The highest BCUT2D eigenvalue weighted by Gasteiger charge is 2.23. The summed E-state index contributed by atoms with van der Waals surface area (Å²) in [5.74, 6) is 0.995. The summed E-state index contributed by atoms with van der Waals surface area (Å²) in [6.07, 6.45) is 11.3. The molecule has 0 aromatic rings. The lowest BCUT2D eigenvalue weighted by molar-refractivity contribution is 0.253. The van der Waals surface area contributed by atoms with Crippen LogP contribution < -0.4 is 5.32 Å². The van der Waals surface area contributed by atoms with Gasteiger partial charge in [-0.1, -0.05) is 26.2 Å². The second-order valence-corrected chi connectivity index (χ2v) is 6.24. The van der Waals surface area contributed by atoms with Crippen LogP contribution in [0, 0.1) is 5.92 Å². The molecule has 0 radical (unpaired) electrons. The van der Waals surface area contributed by atoms with E-state index >= 15 is 0 Å². The molecule has 2 nitrogen and oxygen atoms in total. The third kappa shape index (κ3) is 4.26. The van der Waals surface area contributed by atoms with Gasteiger partial charge in [0.15, 0.2) is 0 Å². The Hall–Kier alpha value is -0.0800. The van der Waals surface area contributed by atoms with Gasteiger partial charge in [-0.15, -0.1) is 0 Å². The minimum Gasteiger partial charge on any atom is -0.311 e. The van der Waals surface area contributed by atoms with Gasteiger partial charge in [-0.05, 0) is 58.2 Å². The molecular formula is C15H30N2. The van der Waals surface area contributed by atoms with E-state index in [-0.39, 0.29) is 0 Å². The number of rotatable bonds is 3. The Kier molecular flexibility index (Phi) is 5.30. The van der Waals surface area contributed by atoms with Gasteiger partial charge in [0.25, 0.3) is 0 Å². The maximum Gasteiger partial charge on any atom is 0.00823 e. The van der Waals surface area contributed by atoms with Crippen molar-refractivity contribution in [1.82, 2.24) is 10.2 Å². The van der Waals surface area contributed by atoms with E-state index in [1.165, 1.54) is 64.5 Å². The van der Waals surface area contributed by atoms with Crippen LogP contribution in [0.25, 0.3) is 0 Å². The zero-order valence-electron chi connectivity index (χ0n) is 11.8. The third-order valence-electron chi connectivity index (χ3n) is 4.78. The monoisotopic (exact) mass is 238 g/mol. The van der Waals surface area contributed by atoms with E-state index in [4.69, 9.17) is 0 Å². The average molecular weight is 238 g/mol. The lowest BCUT2D eigenvalue weighted by Crippen LogP contribution is -2.41. The lowest BCUT2D eigenvalue weighted by atomic mass is 9.83. The summed E-state index contributed by atoms with van der Waals surface area (Å²) in [4.78, 5) is 2.48. The second-order valence-electron chi connectivity index (χ2n) is 6.24. The van der Waals surface area contributed by atoms with Crippen LogP contribution in [0.3, 0.4) is 0 Å². The number of hydrogen-bond acceptors (Lipinski definition) is 2. The van der Waals surface area contributed by atoms with Gasteiger partial charge in [-0.25, -0.2) is 0 Å². The molecule has 1 N–H and O–H groups in total. The lowest BCUT2D eigenvalue weighted by Gasteiger charge is -2.32. The van der Waals surface area contributed by atoms with Crippen LogP contribution in [0.1, 0.15) is 58.3 Å². The Morgan fingerprint density at radius 2 is 1.82 bits per heavy atom. The minimum absolute atomic E-state index is 0.792. The normalized spacial score (nSPS) is 36.7. The Morgan fingerprint density at radius 3 is 2.65 bits per heavy atom. The summed E-state index contributed by atoms with van der Waals surface area (Å²) >= 11 is 0. The zero-order valence-corrected chi connectivity index (χ0v) is 11.8. The van der Waals surface area contributed by atoms with E-state index in [2.05, 4.69) is 24.2 Å². The molecule has 1 heterocycles. The molecule has 100 valence electrons. The van der Waals surface area contributed by atoms with Crippen molar-refractivity contribution >= 4 is 0 Å². The van der Waals surface area contributed by atoms with Gasteiger partial charge < -0.3 is 10.2 Å². The van der Waals surface area contributed by atoms with Crippen molar-refractivity contribution < 1.29 is 0 Å². The van der Waals surface area contributed by atoms with Crippen LogP contribution in [0.4, 0.5) is 0 Å². The summed E-state index contributed by atoms with van der Waals surface area (Å²) in [6, 6.07) is 1.61. The molecule has 3 unspecified atom stereocenters. The Balaban J connectivity index is 1.75. The van der Waals surface area contributed by atoms with Crippen LogP contribution in [0.5, 0.6) is 0 Å². The third-order valence-corrected chi connectivity index (χ3v) is 4.78. The highest BCUT2D eigenvalue weighted by molar-refractivity contribution is 4.82. The Morgan fingerprint density at radius 1 is 1.00 bits per heavy atom. The maximum absolute atomic E-state index is 3.96. The van der Waals surface area contributed by atoms with Gasteiger partial charge in [0.1, 0.15) is 0 Å². The molecule has 1 saturated carbocycles. The molecule has 1 aliphatic carbocycles. The fourth-order valence-electron chi connectivity index (χ4n) is 3.55. The number of nitrogens with zero attached hydrogens (tertiary/aromatic N) is 1. The number of nitrogens with one attached hydrogen (secondary N) is 1. The summed E-state index contributed by atoms with van der Waals surface area (Å²) in [7, 11) is 2.26. The first-order valence-corrected chi connectivity index (χ1v) is 7.72. The molecule has 1 aliphatic heterocycles. The summed E-state index contributed by atoms with van der Waals surface area (Å²) in [5, 5.41) is 3.96. The van der Waals surface area contributed by atoms with Gasteiger partial charge in [-0.2, -0.15) is 0 Å². The molecule has 3 atom stereocenters. The largest absolute Gasteiger partial charge is 0.311 e. The van der Waals surface area contributed by atoms with Crippen molar-refractivity contribution in [3.63, 3.8) is 0 Å². The molecule has 0 aromatic carbocycles. The van der Waals surface area contributed by atoms with Crippen molar-refractivity contribution in [1.29, 1.82) is 0 Å². The quantitative estimate of drug-likeness (QED) is 0.813. The van der Waals surface area contributed by atoms with Crippen molar-refractivity contribution in [2.75, 3.05) is 20.1 Å². The predicted molar refractivity (Wildman–Crippen MR) is 74.3 cm³/mol. The summed E-state index contributed by atoms with van der Waals surface area (Å²) in [5.41, 5.74) is 0. The molecular weight excluding hydrogens is 208 g/mol. The van der Waals surface area contributed by atoms with Gasteiger partial charge >= 0.3 is 0 Å². The number of hydrogen-bond donors (Lipinski definition) is 1. The predicted octanol–water partition coefficient (Wildman–Crippen LogP) is 3.03. The first kappa shape index (κ1) is 13.4. The molecule has 2 heteroatoms. The van der Waals surface area contributed by atoms with Gasteiger partial charge in [0.2, 0.25) is 0 Å². The van der Waals surface area contributed by atoms with Crippen LogP contribution in [0.2, 0.25) is 0 Å². The van der Waals surface area contributed by atoms with Crippen molar-refractivity contribution in [3.8, 4) is 0 Å². The fourth-order valence-corrected chi connectivity index (χ4v) is 3.55. The second kappa shape index (κ2) is 6.75. The van der Waals surface area contributed by atoms with Crippen LogP contribution >= 0.6 is 0 Å². The van der Waals surface area contributed by atoms with Crippen LogP contribution in [-0.2, 0) is 0 Å². The Labute approximate surface area is 107 Å². The first-order valence-electron chi connectivity index (χ1n) is 7.72. The van der Waals surface area contributed by atoms with E-state index < -0.39 is 0 Å². The van der Waals surface area contributed by atoms with E-state index in [0.29, 0.717) is 0 Å². The molecule has 0 aromatic heterocycles. The van der Waals surface area contributed by atoms with Crippen molar-refractivity contribution in [2.24, 2.45) is 5.92 Å². The standard InChI is InChI=1S/C15H30N2/c1-3-13-6-4-7-15(12-13)16-14-8-5-10-17(2)11-9-14/h13-16H,3-12H2,1-2H3. The van der Waals surface area contributed by atoms with E-state index in [1.807, 2.05) is 0 Å². The molecule has 0 amide bonds. The molecule has 17 heavy (non-hydrogen) atoms. The van der Waals surface area contributed by atoms with Crippen LogP contribution in [-0.4, -0.2) is 37.1 Å². The maximum atomic E-state index is 3.96. The molecule has 1 saturated heterocycles. The highest BCUT2D eigenvalue weighted by atomic mass is 15.1. The topological polar surface area (TPSA) is 15.3 Å². The van der Waals surface area contributed by atoms with Crippen molar-refractivity contribution in [3.05, 3.63) is 0 Å². The SMILES string of the molecule is CCC1CCCC(NC2CCCN(C)CC2)C1. The minimum atomic E-state index is 0.792. The smallest absolute Gasteiger partial charge is 0.00823 e. The first-order chi connectivity index (χ1) is 8.28. The van der Waals surface area contributed by atoms with E-state index in [1.54, 1.807) is 0 Å². The van der Waals surface area contributed by atoms with Gasteiger partial charge in [0, 0.05) is 12.1 Å². The summed E-state index contributed by atoms with van der Waals surface area (Å²) in [6.45, 7) is 4.93. The van der Waals surface area contributed by atoms with E-state index in [0.717, 1.165) is 18.0 Å². The van der Waals surface area contributed by atoms with Gasteiger partial charge in [-0.3, -0.25) is 0 Å². The molecule has 2 rings (SSSR count). The number of likely N-dealkylation sites (tertiary alicyclic amines) is 1. The summed E-state index contributed by atoms with van der Waals surface area (Å²) < 4.78 is 0. The van der Waals surface area contributed by atoms with Crippen LogP contribution in [0.15, 0.2) is 0 Å². The fraction of sp³-hybridized carbons (Fsp3) is 1.00. The molecule has 0 bridgehead atoms. The Bertz CT molecular complexity index is 217. The molecule has 2 fully saturated rings.